The number of hydrogen-bond acceptors (Lipinski definition) is 8. The molecule has 1 aromatic carbocycles. The Bertz CT molecular complexity index is 926. The number of hydrogen-bond donors (Lipinski definition) is 1. The van der Waals surface area contributed by atoms with Crippen LogP contribution in [0.15, 0.2) is 34.3 Å². The third kappa shape index (κ3) is 5.71. The molecule has 0 saturated heterocycles. The van der Waals surface area contributed by atoms with Gasteiger partial charge in [-0.1, -0.05) is 37.7 Å². The number of nitrogen functional groups attached to an aromatic ring is 1. The van der Waals surface area contributed by atoms with Crippen LogP contribution in [0.1, 0.15) is 33.6 Å². The van der Waals surface area contributed by atoms with Crippen LogP contribution in [0.3, 0.4) is 0 Å². The maximum absolute atomic E-state index is 12.8. The molecule has 0 bridgehead atoms. The largest absolute Gasteiger partial charge is 0.466 e. The normalized spacial score (nSPS) is 11.7. The van der Waals surface area contributed by atoms with Crippen molar-refractivity contribution in [1.82, 2.24) is 19.2 Å². The first-order chi connectivity index (χ1) is 13.8. The summed E-state index contributed by atoms with van der Waals surface area (Å²) in [5.41, 5.74) is 0.562. The monoisotopic (exact) mass is 441 g/mol. The summed E-state index contributed by atoms with van der Waals surface area (Å²) in [6.45, 7) is 6.52. The maximum Gasteiger partial charge on any atom is 0.305 e. The molecule has 0 saturated carbocycles. The molecule has 0 aliphatic heterocycles. The fourth-order valence-electron chi connectivity index (χ4n) is 2.69. The van der Waals surface area contributed by atoms with Gasteiger partial charge in [-0.3, -0.25) is 4.79 Å². The fraction of sp³-hybridized carbons (Fsp3) is 0.500. The number of rotatable bonds is 11. The van der Waals surface area contributed by atoms with E-state index in [-0.39, 0.29) is 10.9 Å². The predicted molar refractivity (Wildman–Crippen MR) is 112 cm³/mol. The van der Waals surface area contributed by atoms with Crippen molar-refractivity contribution in [2.45, 2.75) is 43.7 Å². The number of esters is 1. The number of carbonyl (C=O) groups excluding carboxylic acids is 1. The molecule has 0 unspecified atom stereocenters. The summed E-state index contributed by atoms with van der Waals surface area (Å²) in [7, 11) is -3.58. The number of sulfonamides is 1. The highest BCUT2D eigenvalue weighted by atomic mass is 32.2. The number of nitrogens with zero attached hydrogens (tertiary/aromatic N) is 4. The third-order valence-electron chi connectivity index (χ3n) is 4.16. The van der Waals surface area contributed by atoms with E-state index in [9.17, 15) is 13.2 Å². The Morgan fingerprint density at radius 1 is 1.24 bits per heavy atom. The lowest BCUT2D eigenvalue weighted by molar-refractivity contribution is -0.143. The first-order valence-electron chi connectivity index (χ1n) is 9.44. The van der Waals surface area contributed by atoms with Crippen LogP contribution in [0.25, 0.3) is 11.4 Å². The SMILES string of the molecule is CCOC(=O)CCCSc1nnc(-c2cccc(S(=O)(=O)N(CC)CC)c2)n1N. The van der Waals surface area contributed by atoms with Crippen LogP contribution in [-0.2, 0) is 19.6 Å². The lowest BCUT2D eigenvalue weighted by atomic mass is 10.2. The van der Waals surface area contributed by atoms with Gasteiger partial charge in [0.05, 0.1) is 11.5 Å². The lowest BCUT2D eigenvalue weighted by Gasteiger charge is -2.18. The summed E-state index contributed by atoms with van der Waals surface area (Å²) in [4.78, 5) is 11.6. The van der Waals surface area contributed by atoms with E-state index < -0.39 is 10.0 Å². The van der Waals surface area contributed by atoms with Crippen LogP contribution < -0.4 is 5.84 Å². The molecule has 29 heavy (non-hydrogen) atoms. The molecule has 9 nitrogen and oxygen atoms in total. The summed E-state index contributed by atoms with van der Waals surface area (Å²) in [5.74, 6) is 6.89. The van der Waals surface area contributed by atoms with Crippen molar-refractivity contribution in [3.8, 4) is 11.4 Å². The summed E-state index contributed by atoms with van der Waals surface area (Å²) in [6, 6.07) is 6.51. The minimum atomic E-state index is -3.58. The Kier molecular flexibility index (Phi) is 8.47. The molecule has 0 radical (unpaired) electrons. The van der Waals surface area contributed by atoms with E-state index in [0.29, 0.717) is 54.8 Å². The molecule has 2 rings (SSSR count). The molecule has 1 heterocycles. The Morgan fingerprint density at radius 2 is 1.97 bits per heavy atom. The summed E-state index contributed by atoms with van der Waals surface area (Å²) < 4.78 is 33.1. The highest BCUT2D eigenvalue weighted by Crippen LogP contribution is 2.25. The first kappa shape index (κ1) is 23.2. The number of aromatic nitrogens is 3. The highest BCUT2D eigenvalue weighted by molar-refractivity contribution is 7.99. The van der Waals surface area contributed by atoms with Crippen LogP contribution in [0.5, 0.6) is 0 Å². The van der Waals surface area contributed by atoms with Gasteiger partial charge in [-0.15, -0.1) is 10.2 Å². The van der Waals surface area contributed by atoms with Gasteiger partial charge in [-0.2, -0.15) is 4.31 Å². The third-order valence-corrected chi connectivity index (χ3v) is 7.24. The van der Waals surface area contributed by atoms with Crippen LogP contribution in [-0.4, -0.2) is 59.0 Å². The van der Waals surface area contributed by atoms with Gasteiger partial charge in [0.1, 0.15) is 0 Å². The van der Waals surface area contributed by atoms with E-state index in [1.807, 2.05) is 0 Å². The summed E-state index contributed by atoms with van der Waals surface area (Å²) in [6.07, 6.45) is 0.959. The molecule has 1 aromatic heterocycles. The lowest BCUT2D eigenvalue weighted by Crippen LogP contribution is -2.30. The van der Waals surface area contributed by atoms with Gasteiger partial charge in [0.2, 0.25) is 15.2 Å². The van der Waals surface area contributed by atoms with Crippen molar-refractivity contribution in [1.29, 1.82) is 0 Å². The standard InChI is InChI=1S/C18H27N5O4S2/c1-4-22(5-2)29(25,26)15-10-7-9-14(13-15)17-20-21-18(23(17)19)28-12-8-11-16(24)27-6-3/h7,9-10,13H,4-6,8,11-12,19H2,1-3H3. The van der Waals surface area contributed by atoms with Crippen molar-refractivity contribution in [3.05, 3.63) is 24.3 Å². The van der Waals surface area contributed by atoms with E-state index in [0.717, 1.165) is 0 Å². The Balaban J connectivity index is 2.13. The Labute approximate surface area is 175 Å². The van der Waals surface area contributed by atoms with Crippen LogP contribution in [0.4, 0.5) is 0 Å². The van der Waals surface area contributed by atoms with Gasteiger partial charge in [0.25, 0.3) is 0 Å². The smallest absolute Gasteiger partial charge is 0.305 e. The second kappa shape index (κ2) is 10.6. The van der Waals surface area contributed by atoms with Crippen molar-refractivity contribution in [2.24, 2.45) is 0 Å². The molecular weight excluding hydrogens is 414 g/mol. The van der Waals surface area contributed by atoms with Gasteiger partial charge < -0.3 is 10.6 Å². The summed E-state index contributed by atoms with van der Waals surface area (Å²) in [5, 5.41) is 8.67. The molecule has 0 aliphatic carbocycles. The number of carbonyl (C=O) groups is 1. The zero-order valence-electron chi connectivity index (χ0n) is 16.9. The highest BCUT2D eigenvalue weighted by Gasteiger charge is 2.23. The fourth-order valence-corrected chi connectivity index (χ4v) is 4.99. The number of nitrogens with two attached hydrogens (primary N) is 1. The molecule has 2 aromatic rings. The second-order valence-corrected chi connectivity index (χ2v) is 9.05. The molecule has 0 atom stereocenters. The van der Waals surface area contributed by atoms with E-state index in [1.54, 1.807) is 45.0 Å². The number of thioether (sulfide) groups is 1. The zero-order valence-corrected chi connectivity index (χ0v) is 18.5. The van der Waals surface area contributed by atoms with Gasteiger partial charge in [-0.25, -0.2) is 13.1 Å². The maximum atomic E-state index is 12.8. The van der Waals surface area contributed by atoms with Gasteiger partial charge in [-0.05, 0) is 25.5 Å². The topological polar surface area (TPSA) is 120 Å². The van der Waals surface area contributed by atoms with E-state index in [1.165, 1.54) is 20.7 Å². The van der Waals surface area contributed by atoms with Crippen LogP contribution in [0, 0.1) is 0 Å². The number of benzene rings is 1. The Hall–Kier alpha value is -2.11. The average Bonchev–Trinajstić information content (AvgIpc) is 3.07. The molecular formula is C18H27N5O4S2. The minimum Gasteiger partial charge on any atom is -0.466 e. The van der Waals surface area contributed by atoms with E-state index >= 15 is 0 Å². The molecule has 160 valence electrons. The molecule has 11 heteroatoms. The quantitative estimate of drug-likeness (QED) is 0.244. The Morgan fingerprint density at radius 3 is 2.62 bits per heavy atom. The minimum absolute atomic E-state index is 0.185. The van der Waals surface area contributed by atoms with Crippen molar-refractivity contribution >= 4 is 27.8 Å². The summed E-state index contributed by atoms with van der Waals surface area (Å²) >= 11 is 1.37. The van der Waals surface area contributed by atoms with Gasteiger partial charge >= 0.3 is 5.97 Å². The number of ether oxygens (including phenoxy) is 1. The first-order valence-corrected chi connectivity index (χ1v) is 11.9. The van der Waals surface area contributed by atoms with Crippen molar-refractivity contribution in [3.63, 3.8) is 0 Å². The van der Waals surface area contributed by atoms with Crippen molar-refractivity contribution in [2.75, 3.05) is 31.3 Å². The van der Waals surface area contributed by atoms with Crippen LogP contribution in [0.2, 0.25) is 0 Å². The molecule has 2 N–H and O–H groups in total. The second-order valence-electron chi connectivity index (χ2n) is 6.05. The molecule has 0 spiro atoms. The average molecular weight is 442 g/mol. The van der Waals surface area contributed by atoms with Gasteiger partial charge in [0.15, 0.2) is 5.82 Å². The molecule has 0 fully saturated rings. The molecule has 0 amide bonds. The van der Waals surface area contributed by atoms with Gasteiger partial charge in [0, 0.05) is 30.8 Å². The van der Waals surface area contributed by atoms with E-state index in [4.69, 9.17) is 10.6 Å². The van der Waals surface area contributed by atoms with E-state index in [2.05, 4.69) is 10.2 Å². The molecule has 0 aliphatic rings. The van der Waals surface area contributed by atoms with Crippen molar-refractivity contribution < 1.29 is 17.9 Å². The van der Waals surface area contributed by atoms with Crippen LogP contribution >= 0.6 is 11.8 Å². The zero-order chi connectivity index (χ0) is 21.4. The predicted octanol–water partition coefficient (Wildman–Crippen LogP) is 2.12.